The number of likely N-dealkylation sites (N-methyl/N-ethyl adjacent to an activating group) is 1. The van der Waals surface area contributed by atoms with Crippen molar-refractivity contribution in [1.82, 2.24) is 4.90 Å². The third-order valence-corrected chi connectivity index (χ3v) is 11.7. The highest BCUT2D eigenvalue weighted by Gasteiger charge is 2.50. The van der Waals surface area contributed by atoms with E-state index in [0.29, 0.717) is 12.8 Å². The highest BCUT2D eigenvalue weighted by Crippen LogP contribution is 2.52. The van der Waals surface area contributed by atoms with Gasteiger partial charge in [0, 0.05) is 66.8 Å². The van der Waals surface area contributed by atoms with Gasteiger partial charge in [-0.3, -0.25) is 19.2 Å². The molecule has 55 heavy (non-hydrogen) atoms. The number of carbonyl (C=O) groups excluding carboxylic acids is 4. The van der Waals surface area contributed by atoms with E-state index in [-0.39, 0.29) is 58.9 Å². The first-order valence-electron chi connectivity index (χ1n) is 18.8. The summed E-state index contributed by atoms with van der Waals surface area (Å²) < 4.78 is 37.2. The molecule has 3 saturated heterocycles. The zero-order valence-corrected chi connectivity index (χ0v) is 31.7. The molecule has 0 amide bonds. The molecule has 3 heterocycles. The van der Waals surface area contributed by atoms with Gasteiger partial charge in [-0.25, -0.2) is 0 Å². The number of aliphatic hydroxyl groups excluding tert-OH is 1. The molecule has 7 rings (SSSR count). The molecular formula is C40H49NO14. The molecule has 2 aromatic rings. The number of aliphatic hydroxyl groups is 2. The lowest BCUT2D eigenvalue weighted by atomic mass is 9.72. The van der Waals surface area contributed by atoms with Crippen LogP contribution in [0.1, 0.15) is 109 Å². The summed E-state index contributed by atoms with van der Waals surface area (Å²) >= 11 is 0. The van der Waals surface area contributed by atoms with Gasteiger partial charge < -0.3 is 53.7 Å². The number of Topliss-reactive ketones (excluding diaryl/α,β-unsaturated/α-hetero) is 2. The quantitative estimate of drug-likeness (QED) is 0.243. The van der Waals surface area contributed by atoms with Gasteiger partial charge in [0.25, 0.3) is 0 Å². The minimum Gasteiger partial charge on any atom is -0.507 e. The summed E-state index contributed by atoms with van der Waals surface area (Å²) in [7, 11) is 3.71. The van der Waals surface area contributed by atoms with E-state index in [2.05, 4.69) is 0 Å². The van der Waals surface area contributed by atoms with Crippen LogP contribution >= 0.6 is 0 Å². The maximum atomic E-state index is 13.7. The number of rotatable bonds is 8. The van der Waals surface area contributed by atoms with E-state index in [1.54, 1.807) is 32.9 Å². The molecule has 3 fully saturated rings. The first-order chi connectivity index (χ1) is 26.0. The van der Waals surface area contributed by atoms with Crippen LogP contribution in [0.4, 0.5) is 0 Å². The summed E-state index contributed by atoms with van der Waals surface area (Å²) in [6.45, 7) is 6.44. The van der Waals surface area contributed by atoms with Crippen molar-refractivity contribution in [2.45, 2.75) is 139 Å². The van der Waals surface area contributed by atoms with Crippen LogP contribution in [0, 0.1) is 0 Å². The Morgan fingerprint density at radius 2 is 1.42 bits per heavy atom. The van der Waals surface area contributed by atoms with E-state index in [0.717, 1.165) is 0 Å². The van der Waals surface area contributed by atoms with Crippen molar-refractivity contribution in [3.8, 4) is 11.5 Å². The van der Waals surface area contributed by atoms with Crippen molar-refractivity contribution < 1.29 is 68.0 Å². The van der Waals surface area contributed by atoms with Gasteiger partial charge in [0.05, 0.1) is 35.5 Å². The van der Waals surface area contributed by atoms with Crippen LogP contribution in [0.25, 0.3) is 0 Å². The number of hydrogen-bond acceptors (Lipinski definition) is 15. The minimum absolute atomic E-state index is 0.00577. The second kappa shape index (κ2) is 15.0. The monoisotopic (exact) mass is 767 g/mol. The zero-order valence-electron chi connectivity index (χ0n) is 31.7. The second-order valence-electron chi connectivity index (χ2n) is 15.7. The molecule has 0 radical (unpaired) electrons. The SMILES string of the molecule is CC(=O)[C@]1(O)Cc2c(O)c3c(c(O)c2[C@@H](O[C@H]2C[C@H](N(C)C)[C@H](O[C@H]4C[C@H](O)[C@H](O[C@H]5CCC(=O)[C@H](C)O5)[C@H](C)O4)[C@H](C)O2)C1)C(=O)c1ccccc1C3=O. The third-order valence-electron chi connectivity index (χ3n) is 11.7. The molecule has 15 nitrogen and oxygen atoms in total. The molecule has 3 aliphatic heterocycles. The van der Waals surface area contributed by atoms with Gasteiger partial charge in [-0.15, -0.1) is 0 Å². The fourth-order valence-electron chi connectivity index (χ4n) is 8.65. The van der Waals surface area contributed by atoms with Crippen molar-refractivity contribution in [3.63, 3.8) is 0 Å². The van der Waals surface area contributed by atoms with Gasteiger partial charge in [0.1, 0.15) is 35.4 Å². The normalized spacial score (nSPS) is 36.3. The Morgan fingerprint density at radius 3 is 2.00 bits per heavy atom. The first kappa shape index (κ1) is 39.6. The summed E-state index contributed by atoms with van der Waals surface area (Å²) in [5, 5.41) is 46.0. The van der Waals surface area contributed by atoms with Crippen LogP contribution in [-0.4, -0.2) is 130 Å². The maximum Gasteiger partial charge on any atom is 0.198 e. The van der Waals surface area contributed by atoms with Crippen molar-refractivity contribution >= 4 is 23.1 Å². The highest BCUT2D eigenvalue weighted by atomic mass is 16.7. The van der Waals surface area contributed by atoms with E-state index >= 15 is 0 Å². The minimum atomic E-state index is -2.03. The van der Waals surface area contributed by atoms with E-state index < -0.39 is 108 Å². The van der Waals surface area contributed by atoms with Crippen molar-refractivity contribution in [1.29, 1.82) is 0 Å². The van der Waals surface area contributed by atoms with Gasteiger partial charge >= 0.3 is 0 Å². The van der Waals surface area contributed by atoms with Crippen molar-refractivity contribution in [2.75, 3.05) is 14.1 Å². The van der Waals surface area contributed by atoms with Crippen LogP contribution in [0.2, 0.25) is 0 Å². The van der Waals surface area contributed by atoms with Crippen LogP contribution < -0.4 is 0 Å². The van der Waals surface area contributed by atoms with E-state index in [9.17, 15) is 39.6 Å². The van der Waals surface area contributed by atoms with Crippen LogP contribution in [0.15, 0.2) is 24.3 Å². The van der Waals surface area contributed by atoms with E-state index in [1.807, 2.05) is 19.0 Å². The number of fused-ring (bicyclic) bond motifs is 3. The van der Waals surface area contributed by atoms with Gasteiger partial charge in [0.2, 0.25) is 0 Å². The van der Waals surface area contributed by atoms with Gasteiger partial charge in [0.15, 0.2) is 42.0 Å². The van der Waals surface area contributed by atoms with Gasteiger partial charge in [-0.05, 0) is 41.8 Å². The standard InChI is InChI=1S/C40H49NO14/c1-17-25(43)11-12-28(50-17)54-39-19(3)52-30(14-26(39)44)55-38-18(2)51-29(13-24(38)41(5)6)53-27-16-40(49,20(4)42)15-23-31(27)37(48)33-32(36(23)47)34(45)21-9-7-8-10-22(21)35(33)46/h7-10,17-19,24,26-30,38-39,44,47-49H,11-16H2,1-6H3/t17-,18-,19-,24-,26-,27-,28-,29-,30-,38+,39+,40-/m0/s1. The zero-order chi connectivity index (χ0) is 39.7. The molecule has 0 unspecified atom stereocenters. The number of ketones is 4. The van der Waals surface area contributed by atoms with Crippen LogP contribution in [0.3, 0.4) is 0 Å². The summed E-state index contributed by atoms with van der Waals surface area (Å²) in [5.74, 6) is -3.10. The Morgan fingerprint density at radius 1 is 0.836 bits per heavy atom. The molecule has 2 aromatic carbocycles. The molecule has 12 atom stereocenters. The van der Waals surface area contributed by atoms with E-state index in [1.165, 1.54) is 19.1 Å². The molecule has 0 spiro atoms. The third kappa shape index (κ3) is 7.15. The largest absolute Gasteiger partial charge is 0.507 e. The number of nitrogens with zero attached hydrogens (tertiary/aromatic N) is 1. The summed E-state index contributed by atoms with van der Waals surface area (Å²) in [5.41, 5.74) is -2.72. The molecule has 2 aliphatic carbocycles. The average molecular weight is 768 g/mol. The summed E-state index contributed by atoms with van der Waals surface area (Å²) in [4.78, 5) is 54.0. The van der Waals surface area contributed by atoms with Gasteiger partial charge in [-0.2, -0.15) is 0 Å². The molecular weight excluding hydrogens is 718 g/mol. The van der Waals surface area contributed by atoms with Crippen LogP contribution in [0.5, 0.6) is 11.5 Å². The van der Waals surface area contributed by atoms with Crippen LogP contribution in [-0.2, 0) is 44.4 Å². The van der Waals surface area contributed by atoms with E-state index in [4.69, 9.17) is 28.4 Å². The number of carbonyl (C=O) groups is 4. The fraction of sp³-hybridized carbons (Fsp3) is 0.600. The lowest BCUT2D eigenvalue weighted by Gasteiger charge is -2.47. The molecule has 0 aromatic heterocycles. The lowest BCUT2D eigenvalue weighted by molar-refractivity contribution is -0.324. The smallest absolute Gasteiger partial charge is 0.198 e. The number of hydrogen-bond donors (Lipinski definition) is 4. The maximum absolute atomic E-state index is 13.7. The Bertz CT molecular complexity index is 1870. The molecule has 0 saturated carbocycles. The number of phenolic OH excluding ortho intramolecular Hbond substituents is 2. The van der Waals surface area contributed by atoms with Crippen molar-refractivity contribution in [3.05, 3.63) is 57.6 Å². The molecule has 0 bridgehead atoms. The Labute approximate surface area is 318 Å². The Balaban J connectivity index is 1.10. The predicted octanol–water partition coefficient (Wildman–Crippen LogP) is 2.62. The summed E-state index contributed by atoms with van der Waals surface area (Å²) in [6, 6.07) is 5.76. The number of phenols is 2. The number of aromatic hydroxyl groups is 2. The first-order valence-corrected chi connectivity index (χ1v) is 18.8. The second-order valence-corrected chi connectivity index (χ2v) is 15.7. The molecule has 5 aliphatic rings. The van der Waals surface area contributed by atoms with Gasteiger partial charge in [-0.1, -0.05) is 24.3 Å². The van der Waals surface area contributed by atoms with Crippen molar-refractivity contribution in [2.24, 2.45) is 0 Å². The average Bonchev–Trinajstić information content (AvgIpc) is 3.12. The molecule has 15 heteroatoms. The fourth-order valence-corrected chi connectivity index (χ4v) is 8.65. The number of benzene rings is 2. The predicted molar refractivity (Wildman–Crippen MR) is 191 cm³/mol. The lowest BCUT2D eigenvalue weighted by Crippen LogP contribution is -2.58. The number of ether oxygens (including phenoxy) is 6. The highest BCUT2D eigenvalue weighted by molar-refractivity contribution is 6.30. The molecule has 298 valence electrons. The molecule has 4 N–H and O–H groups in total. The Kier molecular flexibility index (Phi) is 10.8. The summed E-state index contributed by atoms with van der Waals surface area (Å²) in [6.07, 6.45) is -7.41. The topological polar surface area (TPSA) is 208 Å². The Hall–Kier alpha value is -3.64.